The molecule has 1 N–H and O–H groups in total. The third-order valence-electron chi connectivity index (χ3n) is 5.15. The maximum atomic E-state index is 12.5. The number of likely N-dealkylation sites (tertiary alicyclic amines) is 1. The summed E-state index contributed by atoms with van der Waals surface area (Å²) in [5.74, 6) is 0.408. The first-order valence-corrected chi connectivity index (χ1v) is 10.3. The molecule has 0 bridgehead atoms. The standard InChI is InChI=1S/C20H30BrN3O2/c1-4-16(5-2)19(25)24-12-10-18(11-13-24)22-20(26)23(3)14-15-6-8-17(21)9-7-15/h6-9,16,18H,4-5,10-14H2,1-3H3,(H,22,26). The quantitative estimate of drug-likeness (QED) is 0.750. The molecular formula is C20H30BrN3O2. The highest BCUT2D eigenvalue weighted by Gasteiger charge is 2.27. The minimum absolute atomic E-state index is 0.0577. The van der Waals surface area contributed by atoms with Crippen molar-refractivity contribution in [2.75, 3.05) is 20.1 Å². The summed E-state index contributed by atoms with van der Waals surface area (Å²) in [7, 11) is 1.81. The van der Waals surface area contributed by atoms with Gasteiger partial charge in [0.05, 0.1) is 0 Å². The van der Waals surface area contributed by atoms with E-state index >= 15 is 0 Å². The Morgan fingerprint density at radius 3 is 2.31 bits per heavy atom. The molecule has 0 radical (unpaired) electrons. The molecule has 6 heteroatoms. The molecule has 0 unspecified atom stereocenters. The van der Waals surface area contributed by atoms with E-state index in [9.17, 15) is 9.59 Å². The van der Waals surface area contributed by atoms with Gasteiger partial charge in [-0.3, -0.25) is 4.79 Å². The van der Waals surface area contributed by atoms with Crippen LogP contribution in [0.15, 0.2) is 28.7 Å². The Hall–Kier alpha value is -1.56. The average molecular weight is 424 g/mol. The predicted molar refractivity (Wildman–Crippen MR) is 108 cm³/mol. The molecule has 1 aliphatic heterocycles. The molecule has 0 atom stereocenters. The van der Waals surface area contributed by atoms with Gasteiger partial charge in [0.15, 0.2) is 0 Å². The lowest BCUT2D eigenvalue weighted by atomic mass is 9.98. The molecule has 1 fully saturated rings. The fourth-order valence-electron chi connectivity index (χ4n) is 3.36. The minimum atomic E-state index is -0.0577. The second-order valence-corrected chi connectivity index (χ2v) is 7.96. The topological polar surface area (TPSA) is 52.7 Å². The van der Waals surface area contributed by atoms with E-state index in [0.29, 0.717) is 6.54 Å². The van der Waals surface area contributed by atoms with Crippen molar-refractivity contribution in [2.45, 2.75) is 52.1 Å². The number of benzene rings is 1. The Morgan fingerprint density at radius 2 is 1.77 bits per heavy atom. The second-order valence-electron chi connectivity index (χ2n) is 7.04. The number of hydrogen-bond donors (Lipinski definition) is 1. The number of rotatable bonds is 6. The lowest BCUT2D eigenvalue weighted by molar-refractivity contribution is -0.136. The first-order chi connectivity index (χ1) is 12.4. The van der Waals surface area contributed by atoms with Crippen LogP contribution in [0.25, 0.3) is 0 Å². The third kappa shape index (κ3) is 5.73. The van der Waals surface area contributed by atoms with Gasteiger partial charge in [0.2, 0.25) is 5.91 Å². The Morgan fingerprint density at radius 1 is 1.19 bits per heavy atom. The molecule has 5 nitrogen and oxygen atoms in total. The van der Waals surface area contributed by atoms with Crippen LogP contribution in [-0.2, 0) is 11.3 Å². The van der Waals surface area contributed by atoms with Gasteiger partial charge < -0.3 is 15.1 Å². The Kier molecular flexibility index (Phi) is 7.94. The van der Waals surface area contributed by atoms with E-state index < -0.39 is 0 Å². The van der Waals surface area contributed by atoms with Crippen molar-refractivity contribution in [3.8, 4) is 0 Å². The summed E-state index contributed by atoms with van der Waals surface area (Å²) in [6.07, 6.45) is 3.44. The lowest BCUT2D eigenvalue weighted by Gasteiger charge is -2.35. The number of piperidine rings is 1. The molecule has 0 aromatic heterocycles. The zero-order valence-electron chi connectivity index (χ0n) is 16.0. The number of nitrogens with one attached hydrogen (secondary N) is 1. The van der Waals surface area contributed by atoms with E-state index in [1.807, 2.05) is 36.2 Å². The summed E-state index contributed by atoms with van der Waals surface area (Å²) in [6.45, 7) is 6.18. The molecule has 0 saturated carbocycles. The summed E-state index contributed by atoms with van der Waals surface area (Å²) in [5.41, 5.74) is 1.09. The van der Waals surface area contributed by atoms with Gasteiger partial charge >= 0.3 is 6.03 Å². The van der Waals surface area contributed by atoms with Crippen molar-refractivity contribution in [3.05, 3.63) is 34.3 Å². The first kappa shape index (κ1) is 20.7. The highest BCUT2D eigenvalue weighted by atomic mass is 79.9. The van der Waals surface area contributed by atoms with E-state index in [1.54, 1.807) is 4.90 Å². The molecule has 26 heavy (non-hydrogen) atoms. The number of nitrogens with zero attached hydrogens (tertiary/aromatic N) is 2. The minimum Gasteiger partial charge on any atom is -0.342 e. The van der Waals surface area contributed by atoms with Crippen LogP contribution >= 0.6 is 15.9 Å². The van der Waals surface area contributed by atoms with Crippen molar-refractivity contribution in [3.63, 3.8) is 0 Å². The predicted octanol–water partition coefficient (Wildman–Crippen LogP) is 4.02. The van der Waals surface area contributed by atoms with Gasteiger partial charge in [-0.1, -0.05) is 41.9 Å². The molecule has 1 heterocycles. The van der Waals surface area contributed by atoms with Crippen LogP contribution in [-0.4, -0.2) is 47.9 Å². The first-order valence-electron chi connectivity index (χ1n) is 9.49. The van der Waals surface area contributed by atoms with E-state index in [0.717, 1.165) is 48.8 Å². The van der Waals surface area contributed by atoms with Crippen LogP contribution in [0.3, 0.4) is 0 Å². The van der Waals surface area contributed by atoms with Gasteiger partial charge in [-0.05, 0) is 43.4 Å². The maximum Gasteiger partial charge on any atom is 0.317 e. The van der Waals surface area contributed by atoms with E-state index in [2.05, 4.69) is 35.1 Å². The molecule has 2 rings (SSSR count). The summed E-state index contributed by atoms with van der Waals surface area (Å²) >= 11 is 3.42. The normalized spacial score (nSPS) is 15.2. The number of urea groups is 1. The van der Waals surface area contributed by atoms with Gasteiger partial charge in [0, 0.05) is 43.1 Å². The van der Waals surface area contributed by atoms with Gasteiger partial charge in [-0.2, -0.15) is 0 Å². The van der Waals surface area contributed by atoms with Crippen LogP contribution < -0.4 is 5.32 Å². The smallest absolute Gasteiger partial charge is 0.317 e. The van der Waals surface area contributed by atoms with Gasteiger partial charge in [0.1, 0.15) is 0 Å². The zero-order chi connectivity index (χ0) is 19.1. The SMILES string of the molecule is CCC(CC)C(=O)N1CCC(NC(=O)N(C)Cc2ccc(Br)cc2)CC1. The fourth-order valence-corrected chi connectivity index (χ4v) is 3.62. The van der Waals surface area contributed by atoms with Crippen molar-refractivity contribution >= 4 is 27.9 Å². The average Bonchev–Trinajstić information content (AvgIpc) is 2.65. The molecule has 0 aliphatic carbocycles. The van der Waals surface area contributed by atoms with Crippen LogP contribution in [0.1, 0.15) is 45.1 Å². The van der Waals surface area contributed by atoms with E-state index in [1.165, 1.54) is 0 Å². The monoisotopic (exact) mass is 423 g/mol. The van der Waals surface area contributed by atoms with Crippen molar-refractivity contribution in [1.29, 1.82) is 0 Å². The largest absolute Gasteiger partial charge is 0.342 e. The van der Waals surface area contributed by atoms with Crippen molar-refractivity contribution in [2.24, 2.45) is 5.92 Å². The summed E-state index contributed by atoms with van der Waals surface area (Å²) < 4.78 is 1.03. The fraction of sp³-hybridized carbons (Fsp3) is 0.600. The van der Waals surface area contributed by atoms with Crippen LogP contribution in [0.2, 0.25) is 0 Å². The third-order valence-corrected chi connectivity index (χ3v) is 5.68. The zero-order valence-corrected chi connectivity index (χ0v) is 17.6. The van der Waals surface area contributed by atoms with E-state index in [-0.39, 0.29) is 23.9 Å². The molecule has 1 aliphatic rings. The molecule has 1 saturated heterocycles. The maximum absolute atomic E-state index is 12.5. The number of carbonyl (C=O) groups excluding carboxylic acids is 2. The Labute approximate surface area is 165 Å². The highest BCUT2D eigenvalue weighted by molar-refractivity contribution is 9.10. The summed E-state index contributed by atoms with van der Waals surface area (Å²) in [5, 5.41) is 3.11. The summed E-state index contributed by atoms with van der Waals surface area (Å²) in [6, 6.07) is 8.06. The number of halogens is 1. The van der Waals surface area contributed by atoms with Gasteiger partial charge in [-0.15, -0.1) is 0 Å². The molecule has 0 spiro atoms. The van der Waals surface area contributed by atoms with E-state index in [4.69, 9.17) is 0 Å². The Balaban J connectivity index is 1.78. The number of hydrogen-bond acceptors (Lipinski definition) is 2. The molecular weight excluding hydrogens is 394 g/mol. The van der Waals surface area contributed by atoms with Gasteiger partial charge in [0.25, 0.3) is 0 Å². The van der Waals surface area contributed by atoms with Crippen LogP contribution in [0.5, 0.6) is 0 Å². The number of carbonyl (C=O) groups is 2. The molecule has 3 amide bonds. The van der Waals surface area contributed by atoms with Gasteiger partial charge in [-0.25, -0.2) is 4.79 Å². The molecule has 1 aromatic carbocycles. The van der Waals surface area contributed by atoms with Crippen molar-refractivity contribution in [1.82, 2.24) is 15.1 Å². The van der Waals surface area contributed by atoms with Crippen LogP contribution in [0.4, 0.5) is 4.79 Å². The number of amides is 3. The molecule has 144 valence electrons. The highest BCUT2D eigenvalue weighted by Crippen LogP contribution is 2.18. The lowest BCUT2D eigenvalue weighted by Crippen LogP contribution is -2.50. The van der Waals surface area contributed by atoms with Crippen molar-refractivity contribution < 1.29 is 9.59 Å². The van der Waals surface area contributed by atoms with Crippen LogP contribution in [0, 0.1) is 5.92 Å². The Bertz CT molecular complexity index is 594. The summed E-state index contributed by atoms with van der Waals surface area (Å²) in [4.78, 5) is 28.5. The molecule has 1 aromatic rings. The second kappa shape index (κ2) is 9.95.